The summed E-state index contributed by atoms with van der Waals surface area (Å²) < 4.78 is 7.72. The second-order valence-corrected chi connectivity index (χ2v) is 8.34. The summed E-state index contributed by atoms with van der Waals surface area (Å²) in [5.74, 6) is 0.566. The average molecular weight is 418 g/mol. The standard InChI is InChI=1S/C21H24ClN3O2S/c1-13-5-6-18(22)19(7-13)27-11-17-9-20(28-12-17)21(26)23-15(3)10-25-16(4)8-14(2)24-25/h5-9,12,15H,10-11H2,1-4H3,(H,23,26). The number of carbonyl (C=O) groups excluding carboxylic acids is 1. The van der Waals surface area contributed by atoms with Crippen molar-refractivity contribution >= 4 is 28.8 Å². The van der Waals surface area contributed by atoms with Crippen LogP contribution in [0.25, 0.3) is 0 Å². The van der Waals surface area contributed by atoms with Crippen molar-refractivity contribution < 1.29 is 9.53 Å². The second-order valence-electron chi connectivity index (χ2n) is 7.03. The third kappa shape index (κ3) is 5.14. The summed E-state index contributed by atoms with van der Waals surface area (Å²) in [5.41, 5.74) is 4.09. The maximum absolute atomic E-state index is 12.5. The van der Waals surface area contributed by atoms with Gasteiger partial charge in [-0.15, -0.1) is 11.3 Å². The Morgan fingerprint density at radius 3 is 2.79 bits per heavy atom. The van der Waals surface area contributed by atoms with Gasteiger partial charge in [-0.05, 0) is 62.9 Å². The van der Waals surface area contributed by atoms with Crippen molar-refractivity contribution in [2.75, 3.05) is 0 Å². The van der Waals surface area contributed by atoms with E-state index in [2.05, 4.69) is 10.4 Å². The van der Waals surface area contributed by atoms with E-state index in [-0.39, 0.29) is 11.9 Å². The number of hydrogen-bond acceptors (Lipinski definition) is 4. The SMILES string of the molecule is Cc1ccc(Cl)c(OCc2csc(C(=O)NC(C)Cn3nc(C)cc3C)c2)c1. The van der Waals surface area contributed by atoms with Crippen LogP contribution in [0, 0.1) is 20.8 Å². The Bertz CT molecular complexity index is 980. The number of ether oxygens (including phenoxy) is 1. The van der Waals surface area contributed by atoms with Crippen LogP contribution < -0.4 is 10.1 Å². The van der Waals surface area contributed by atoms with Gasteiger partial charge in [0.05, 0.1) is 22.1 Å². The summed E-state index contributed by atoms with van der Waals surface area (Å²) in [6, 6.07) is 9.53. The van der Waals surface area contributed by atoms with E-state index in [4.69, 9.17) is 16.3 Å². The molecule has 0 aliphatic rings. The molecule has 3 aromatic rings. The molecule has 148 valence electrons. The van der Waals surface area contributed by atoms with Crippen LogP contribution in [0.2, 0.25) is 5.02 Å². The maximum atomic E-state index is 12.5. The quantitative estimate of drug-likeness (QED) is 0.593. The number of nitrogens with zero attached hydrogens (tertiary/aromatic N) is 2. The molecule has 1 aromatic carbocycles. The summed E-state index contributed by atoms with van der Waals surface area (Å²) in [7, 11) is 0. The largest absolute Gasteiger partial charge is 0.487 e. The predicted octanol–water partition coefficient (Wildman–Crippen LogP) is 4.92. The molecular weight excluding hydrogens is 394 g/mol. The van der Waals surface area contributed by atoms with Crippen molar-refractivity contribution in [2.24, 2.45) is 0 Å². The van der Waals surface area contributed by atoms with Gasteiger partial charge in [0, 0.05) is 17.3 Å². The molecule has 28 heavy (non-hydrogen) atoms. The molecule has 0 bridgehead atoms. The van der Waals surface area contributed by atoms with Crippen molar-refractivity contribution in [3.8, 4) is 5.75 Å². The highest BCUT2D eigenvalue weighted by Crippen LogP contribution is 2.26. The first-order valence-corrected chi connectivity index (χ1v) is 10.4. The molecule has 1 amide bonds. The Kier molecular flexibility index (Phi) is 6.42. The lowest BCUT2D eigenvalue weighted by Crippen LogP contribution is -2.35. The van der Waals surface area contributed by atoms with E-state index in [1.54, 1.807) is 0 Å². The number of aryl methyl sites for hydroxylation is 3. The van der Waals surface area contributed by atoms with Gasteiger partial charge in [-0.1, -0.05) is 17.7 Å². The molecule has 1 unspecified atom stereocenters. The van der Waals surface area contributed by atoms with E-state index in [1.807, 2.05) is 68.1 Å². The molecule has 0 saturated heterocycles. The molecule has 0 saturated carbocycles. The van der Waals surface area contributed by atoms with Crippen LogP contribution in [-0.4, -0.2) is 21.7 Å². The highest BCUT2D eigenvalue weighted by Gasteiger charge is 2.14. The Balaban J connectivity index is 1.56. The van der Waals surface area contributed by atoms with Crippen LogP contribution in [0.4, 0.5) is 0 Å². The number of carbonyl (C=O) groups is 1. The number of benzene rings is 1. The maximum Gasteiger partial charge on any atom is 0.261 e. The van der Waals surface area contributed by atoms with Crippen molar-refractivity contribution in [1.29, 1.82) is 0 Å². The topological polar surface area (TPSA) is 56.1 Å². The van der Waals surface area contributed by atoms with Gasteiger partial charge in [0.25, 0.3) is 5.91 Å². The zero-order valence-corrected chi connectivity index (χ0v) is 18.0. The first kappa shape index (κ1) is 20.4. The monoisotopic (exact) mass is 417 g/mol. The molecule has 3 rings (SSSR count). The Morgan fingerprint density at radius 1 is 1.29 bits per heavy atom. The van der Waals surface area contributed by atoms with Gasteiger partial charge in [0.1, 0.15) is 12.4 Å². The predicted molar refractivity (Wildman–Crippen MR) is 113 cm³/mol. The van der Waals surface area contributed by atoms with Gasteiger partial charge >= 0.3 is 0 Å². The van der Waals surface area contributed by atoms with E-state index < -0.39 is 0 Å². The summed E-state index contributed by atoms with van der Waals surface area (Å²) in [5, 5.41) is 9.99. The molecule has 1 atom stereocenters. The molecule has 0 fully saturated rings. The van der Waals surface area contributed by atoms with E-state index in [9.17, 15) is 4.79 Å². The fourth-order valence-electron chi connectivity index (χ4n) is 2.91. The van der Waals surface area contributed by atoms with E-state index in [0.717, 1.165) is 22.5 Å². The van der Waals surface area contributed by atoms with Crippen LogP contribution in [0.5, 0.6) is 5.75 Å². The molecular formula is C21H24ClN3O2S. The fourth-order valence-corrected chi connectivity index (χ4v) is 3.88. The number of thiophene rings is 1. The molecule has 1 N–H and O–H groups in total. The number of rotatable bonds is 7. The second kappa shape index (κ2) is 8.80. The van der Waals surface area contributed by atoms with Crippen molar-refractivity contribution in [3.05, 3.63) is 68.1 Å². The van der Waals surface area contributed by atoms with Gasteiger partial charge in [-0.2, -0.15) is 5.10 Å². The minimum atomic E-state index is -0.0844. The molecule has 2 heterocycles. The van der Waals surface area contributed by atoms with Gasteiger partial charge in [0.2, 0.25) is 0 Å². The molecule has 0 spiro atoms. The van der Waals surface area contributed by atoms with Gasteiger partial charge in [-0.25, -0.2) is 0 Å². The van der Waals surface area contributed by atoms with Crippen molar-refractivity contribution in [1.82, 2.24) is 15.1 Å². The lowest BCUT2D eigenvalue weighted by Gasteiger charge is -2.14. The third-order valence-electron chi connectivity index (χ3n) is 4.29. The molecule has 7 heteroatoms. The van der Waals surface area contributed by atoms with Crippen LogP contribution in [0.15, 0.2) is 35.7 Å². The number of hydrogen-bond donors (Lipinski definition) is 1. The Morgan fingerprint density at radius 2 is 2.07 bits per heavy atom. The molecule has 0 aliphatic carbocycles. The zero-order chi connectivity index (χ0) is 20.3. The zero-order valence-electron chi connectivity index (χ0n) is 16.5. The highest BCUT2D eigenvalue weighted by atomic mass is 35.5. The number of halogens is 1. The Hall–Kier alpha value is -2.31. The van der Waals surface area contributed by atoms with Crippen molar-refractivity contribution in [3.63, 3.8) is 0 Å². The first-order valence-electron chi connectivity index (χ1n) is 9.10. The average Bonchev–Trinajstić information content (AvgIpc) is 3.22. The van der Waals surface area contributed by atoms with E-state index in [0.29, 0.717) is 28.8 Å². The summed E-state index contributed by atoms with van der Waals surface area (Å²) in [6.07, 6.45) is 0. The van der Waals surface area contributed by atoms with E-state index in [1.165, 1.54) is 11.3 Å². The fraction of sp³-hybridized carbons (Fsp3) is 0.333. The summed E-state index contributed by atoms with van der Waals surface area (Å²) in [6.45, 7) is 8.95. The minimum absolute atomic E-state index is 0.0293. The van der Waals surface area contributed by atoms with E-state index >= 15 is 0 Å². The van der Waals surface area contributed by atoms with Crippen molar-refractivity contribution in [2.45, 2.75) is 46.9 Å². The highest BCUT2D eigenvalue weighted by molar-refractivity contribution is 7.12. The van der Waals surface area contributed by atoms with Crippen LogP contribution >= 0.6 is 22.9 Å². The third-order valence-corrected chi connectivity index (χ3v) is 5.58. The number of amides is 1. The smallest absolute Gasteiger partial charge is 0.261 e. The van der Waals surface area contributed by atoms with Crippen LogP contribution in [0.1, 0.15) is 39.1 Å². The minimum Gasteiger partial charge on any atom is -0.487 e. The molecule has 2 aromatic heterocycles. The normalized spacial score (nSPS) is 12.0. The first-order chi connectivity index (χ1) is 13.3. The van der Waals surface area contributed by atoms with Crippen LogP contribution in [-0.2, 0) is 13.2 Å². The number of nitrogens with one attached hydrogen (secondary N) is 1. The number of aromatic nitrogens is 2. The van der Waals surface area contributed by atoms with Gasteiger partial charge in [0.15, 0.2) is 0 Å². The summed E-state index contributed by atoms with van der Waals surface area (Å²) >= 11 is 7.57. The Labute approximate surface area is 174 Å². The van der Waals surface area contributed by atoms with Crippen LogP contribution in [0.3, 0.4) is 0 Å². The van der Waals surface area contributed by atoms with Gasteiger partial charge in [-0.3, -0.25) is 9.48 Å². The molecule has 0 radical (unpaired) electrons. The summed E-state index contributed by atoms with van der Waals surface area (Å²) in [4.78, 5) is 13.2. The lowest BCUT2D eigenvalue weighted by molar-refractivity contribution is 0.0940. The molecule has 5 nitrogen and oxygen atoms in total. The lowest BCUT2D eigenvalue weighted by atomic mass is 10.2. The van der Waals surface area contributed by atoms with Gasteiger partial charge < -0.3 is 10.1 Å². The molecule has 0 aliphatic heterocycles.